The Morgan fingerprint density at radius 2 is 0.378 bits per heavy atom. The highest BCUT2D eigenvalue weighted by molar-refractivity contribution is 14.1. The molecule has 0 amide bonds. The Morgan fingerprint density at radius 1 is 0.196 bits per heavy atom. The zero-order chi connectivity index (χ0) is 106. The van der Waals surface area contributed by atoms with Gasteiger partial charge in [-0.25, -0.2) is 38.4 Å². The molecule has 143 heavy (non-hydrogen) atoms. The van der Waals surface area contributed by atoms with E-state index in [1.807, 2.05) is 136 Å². The Balaban J connectivity index is 0.000000817. The van der Waals surface area contributed by atoms with Crippen molar-refractivity contribution in [3.63, 3.8) is 0 Å². The average Bonchev–Trinajstić information content (AvgIpc) is 0.890. The average molecular weight is 2900 g/mol. The first-order valence-corrected chi connectivity index (χ1v) is 56.9. The molecule has 0 bridgehead atoms. The fourth-order valence-corrected chi connectivity index (χ4v) is 17.1. The molecule has 794 valence electrons. The number of nitrogens with one attached hydrogen (secondary N) is 8. The number of ether oxygens (including phenoxy) is 8. The first-order valence-electron chi connectivity index (χ1n) is 48.2. The molecule has 8 aromatic carbocycles. The van der Waals surface area contributed by atoms with Crippen molar-refractivity contribution in [2.75, 3.05) is 256 Å². The number of halogens is 8. The number of likely N-dealkylation sites (N-methyl/N-ethyl adjacent to an activating group) is 6. The minimum Gasteiger partial charge on any atom is -0.456 e. The molecule has 15 N–H and O–H groups in total. The molecule has 0 radical (unpaired) electrons. The van der Waals surface area contributed by atoms with E-state index in [9.17, 15) is 38.4 Å². The molecule has 0 spiro atoms. The smallest absolute Gasteiger partial charge is 0.339 e. The van der Waals surface area contributed by atoms with Crippen LogP contribution in [0.3, 0.4) is 0 Å². The zero-order valence-corrected chi connectivity index (χ0v) is 101. The molecule has 3 atom stereocenters. The van der Waals surface area contributed by atoms with Crippen LogP contribution in [-0.4, -0.2) is 340 Å². The maximum Gasteiger partial charge on any atom is 0.339 e. The minimum absolute atomic E-state index is 0.0554. The Labute approximate surface area is 954 Å². The molecule has 0 saturated carbocycles. The minimum atomic E-state index is -0.342. The van der Waals surface area contributed by atoms with E-state index in [1.165, 1.54) is 29.4 Å². The standard InChI is InChI=1S/2C13H18INO4.3C13H18INO3.3C13H18INO2/c14-12-3-1-2-11(10-12)13(18)19-9-6-15(4-7-16)5-8-17;14-12-4-2-1-3-11(12)13(18)19-10-7-15(5-8-16)6-9-17;1-2-15(7-9-16)8-10-18-13(17)11-3-5-12(14)6-4-11;1-2-15(6-8-16)7-9-18-13(17)11-4-3-5-12(14)10-11;1-2-15(7-9-16)8-10-18-13(17)11-5-3-4-6-12(11)14;1-3-15(4-2)9-10-17-13(16)11-5-7-12(14)8-6-11;1-3-15(4-2)8-9-17-13(16)11-6-5-7-12(14)10-11;1-3-15(4-2)9-10-17-13(16)11-7-5-6-8-12(11)14/h1-3,10,16-17H,4-9H2;1-4,16-17H,5-10H2;3-6,16H,2,7-10H2,1H3;3-5,10,16H,2,6-9H2,1H3;3-6,16H,2,7-10H2,1H3;5-8H,3-4,9-10H2,1-2H3;5-7,10H,3-4,8-9H2,1-2H3;5-8H,3-4,9-10H2,1-2H3/p+8. The van der Waals surface area contributed by atoms with Gasteiger partial charge in [-0.05, 0) is 383 Å². The number of rotatable bonds is 55. The quantitative estimate of drug-likeness (QED) is 0.0146. The van der Waals surface area contributed by atoms with Crippen LogP contribution in [0.4, 0.5) is 0 Å². The van der Waals surface area contributed by atoms with Gasteiger partial charge in [0.2, 0.25) is 0 Å². The van der Waals surface area contributed by atoms with Crippen molar-refractivity contribution in [1.82, 2.24) is 0 Å². The first-order chi connectivity index (χ1) is 68.9. The van der Waals surface area contributed by atoms with Crippen LogP contribution < -0.4 is 39.2 Å². The van der Waals surface area contributed by atoms with Crippen LogP contribution in [0.5, 0.6) is 0 Å². The summed E-state index contributed by atoms with van der Waals surface area (Å²) in [6, 6.07) is 58.8. The van der Waals surface area contributed by atoms with Crippen molar-refractivity contribution >= 4 is 228 Å². The highest BCUT2D eigenvalue weighted by atomic mass is 127. The van der Waals surface area contributed by atoms with E-state index in [4.69, 9.17) is 73.6 Å². The monoisotopic (exact) mass is 2900 g/mol. The van der Waals surface area contributed by atoms with Gasteiger partial charge in [0.05, 0.1) is 150 Å². The zero-order valence-electron chi connectivity index (χ0n) is 83.7. The number of quaternary nitrogens is 8. The van der Waals surface area contributed by atoms with E-state index in [0.717, 1.165) is 137 Å². The molecule has 0 saturated heterocycles. The number of carbonyl (C=O) groups is 8. The predicted octanol–water partition coefficient (Wildman–Crippen LogP) is 3.79. The lowest BCUT2D eigenvalue weighted by atomic mass is 10.2. The van der Waals surface area contributed by atoms with Crippen molar-refractivity contribution in [2.24, 2.45) is 0 Å². The van der Waals surface area contributed by atoms with Crippen LogP contribution in [0.25, 0.3) is 0 Å². The highest BCUT2D eigenvalue weighted by Crippen LogP contribution is 2.17. The fourth-order valence-electron chi connectivity index (χ4n) is 13.0. The Bertz CT molecular complexity index is 4760. The molecule has 8 aromatic rings. The van der Waals surface area contributed by atoms with Gasteiger partial charge in [0.15, 0.2) is 0 Å². The maximum absolute atomic E-state index is 11.8. The van der Waals surface area contributed by atoms with Crippen LogP contribution in [0.1, 0.15) is 145 Å². The van der Waals surface area contributed by atoms with Gasteiger partial charge in [-0.15, -0.1) is 0 Å². The van der Waals surface area contributed by atoms with Gasteiger partial charge in [0, 0.05) is 28.6 Å². The molecule has 0 heterocycles. The molecule has 0 aliphatic carbocycles. The Morgan fingerprint density at radius 3 is 0.573 bits per heavy atom. The summed E-state index contributed by atoms with van der Waals surface area (Å²) < 4.78 is 49.8. The normalized spacial score (nSPS) is 11.2. The van der Waals surface area contributed by atoms with Crippen LogP contribution in [0.15, 0.2) is 194 Å². The lowest BCUT2D eigenvalue weighted by Gasteiger charge is -2.17. The molecule has 3 unspecified atom stereocenters. The summed E-state index contributed by atoms with van der Waals surface area (Å²) in [5.41, 5.74) is 4.79. The summed E-state index contributed by atoms with van der Waals surface area (Å²) in [6.07, 6.45) is 0. The lowest BCUT2D eigenvalue weighted by Crippen LogP contribution is -3.13. The van der Waals surface area contributed by atoms with Crippen molar-refractivity contribution < 1.29 is 151 Å². The highest BCUT2D eigenvalue weighted by Gasteiger charge is 2.20. The van der Waals surface area contributed by atoms with E-state index < -0.39 is 0 Å². The van der Waals surface area contributed by atoms with Crippen LogP contribution in [0, 0.1) is 28.6 Å². The fraction of sp³-hybridized carbons (Fsp3) is 0.462. The van der Waals surface area contributed by atoms with Gasteiger partial charge in [0.25, 0.3) is 0 Å². The number of benzene rings is 8. The third-order valence-electron chi connectivity index (χ3n) is 21.9. The third kappa shape index (κ3) is 64.2. The van der Waals surface area contributed by atoms with E-state index in [-0.39, 0.29) is 107 Å². The van der Waals surface area contributed by atoms with E-state index in [1.54, 1.807) is 78.9 Å². The Kier molecular flexibility index (Phi) is 83.0. The van der Waals surface area contributed by atoms with E-state index in [2.05, 4.69) is 222 Å². The van der Waals surface area contributed by atoms with E-state index in [0.29, 0.717) is 143 Å². The predicted molar refractivity (Wildman–Crippen MR) is 621 cm³/mol. The van der Waals surface area contributed by atoms with Crippen LogP contribution >= 0.6 is 181 Å². The van der Waals surface area contributed by atoms with Crippen molar-refractivity contribution in [1.29, 1.82) is 0 Å². The number of carbonyl (C=O) groups excluding carboxylic acids is 8. The van der Waals surface area contributed by atoms with Gasteiger partial charge in [-0.3, -0.25) is 0 Å². The third-order valence-corrected chi connectivity index (χ3v) is 28.2. The number of hydrogen-bond acceptors (Lipinski definition) is 23. The topological polar surface area (TPSA) is 388 Å². The van der Waals surface area contributed by atoms with Crippen molar-refractivity contribution in [3.8, 4) is 0 Å². The van der Waals surface area contributed by atoms with Gasteiger partial charge in [-0.2, -0.15) is 0 Å². The molecule has 0 aromatic heterocycles. The number of hydrogen-bond donors (Lipinski definition) is 15. The van der Waals surface area contributed by atoms with Crippen molar-refractivity contribution in [2.45, 2.75) is 62.3 Å². The second-order valence-corrected chi connectivity index (χ2v) is 41.3. The van der Waals surface area contributed by atoms with Crippen LogP contribution in [-0.2, 0) is 37.9 Å². The molecule has 39 heteroatoms. The summed E-state index contributed by atoms with van der Waals surface area (Å²) >= 11 is 17.3. The summed E-state index contributed by atoms with van der Waals surface area (Å²) in [5, 5.41) is 62.1. The molecular formula is C104H152I8N8O23+8. The molecular weight excluding hydrogens is 2740 g/mol. The molecule has 0 fully saturated rings. The van der Waals surface area contributed by atoms with Crippen molar-refractivity contribution in [3.05, 3.63) is 267 Å². The second-order valence-electron chi connectivity index (χ2n) is 31.6. The molecule has 31 nitrogen and oxygen atoms in total. The number of aliphatic hydroxyl groups is 7. The summed E-state index contributed by atoms with van der Waals surface area (Å²) in [6.45, 7) is 42.2. The summed E-state index contributed by atoms with van der Waals surface area (Å²) in [4.78, 5) is 104. The SMILES string of the molecule is CC[NH+](CC)CCOC(=O)c1ccc(I)cc1.CC[NH+](CC)CCOC(=O)c1cccc(I)c1.CC[NH+](CC)CCOC(=O)c1ccccc1I.CC[NH+](CCO)CCOC(=O)c1ccc(I)cc1.CC[NH+](CCO)CCOC(=O)c1cccc(I)c1.CC[NH+](CCO)CCOC(=O)c1ccccc1I.O=C(OCC[NH+](CCO)CCO)c1cccc(I)c1.O=C(OCC[NH+](CCO)CCO)c1ccccc1I. The van der Waals surface area contributed by atoms with Gasteiger partial charge in [-0.1, -0.05) is 54.6 Å². The summed E-state index contributed by atoms with van der Waals surface area (Å²) in [5.74, 6) is -2.20. The first kappa shape index (κ1) is 136. The lowest BCUT2D eigenvalue weighted by molar-refractivity contribution is -0.900. The number of esters is 8. The summed E-state index contributed by atoms with van der Waals surface area (Å²) in [7, 11) is 0. The maximum atomic E-state index is 11.8. The van der Waals surface area contributed by atoms with Gasteiger partial charge in [0.1, 0.15) is 151 Å². The second kappa shape index (κ2) is 87.5. The van der Waals surface area contributed by atoms with Gasteiger partial charge >= 0.3 is 47.8 Å². The largest absolute Gasteiger partial charge is 0.456 e. The number of aliphatic hydroxyl groups excluding tert-OH is 7. The van der Waals surface area contributed by atoms with E-state index >= 15 is 0 Å². The van der Waals surface area contributed by atoms with Crippen LogP contribution in [0.2, 0.25) is 0 Å². The molecule has 0 aliphatic heterocycles. The molecule has 0 aliphatic rings. The molecule has 8 rings (SSSR count). The van der Waals surface area contributed by atoms with Gasteiger partial charge < -0.3 is 113 Å². The Hall–Kier alpha value is -5.24.